The zero-order valence-corrected chi connectivity index (χ0v) is 11.0. The summed E-state index contributed by atoms with van der Waals surface area (Å²) in [5.41, 5.74) is 1.03. The van der Waals surface area contributed by atoms with Gasteiger partial charge in [0.2, 0.25) is 0 Å². The van der Waals surface area contributed by atoms with Gasteiger partial charge in [0.25, 0.3) is 0 Å². The van der Waals surface area contributed by atoms with E-state index in [4.69, 9.17) is 0 Å². The average molecular weight is 253 g/mol. The van der Waals surface area contributed by atoms with Crippen LogP contribution in [0.2, 0.25) is 0 Å². The number of rotatable bonds is 4. The van der Waals surface area contributed by atoms with E-state index in [2.05, 4.69) is 14.9 Å². The van der Waals surface area contributed by atoms with Gasteiger partial charge in [-0.1, -0.05) is 6.42 Å². The second kappa shape index (κ2) is 6.33. The number of thioether (sulfide) groups is 1. The Labute approximate surface area is 106 Å². The molecule has 0 aliphatic carbocycles. The summed E-state index contributed by atoms with van der Waals surface area (Å²) in [5, 5.41) is 10.4. The molecule has 0 spiro atoms. The van der Waals surface area contributed by atoms with Crippen molar-refractivity contribution in [2.75, 3.05) is 19.4 Å². The molecule has 0 bridgehead atoms. The quantitative estimate of drug-likeness (QED) is 0.825. The molecule has 5 heteroatoms. The van der Waals surface area contributed by atoms with Crippen LogP contribution in [0.15, 0.2) is 17.4 Å². The van der Waals surface area contributed by atoms with Gasteiger partial charge in [0.15, 0.2) is 0 Å². The average Bonchev–Trinajstić information content (AvgIpc) is 2.40. The summed E-state index contributed by atoms with van der Waals surface area (Å²) in [6.07, 6.45) is 9.02. The summed E-state index contributed by atoms with van der Waals surface area (Å²) in [4.78, 5) is 11.1. The molecule has 0 radical (unpaired) electrons. The van der Waals surface area contributed by atoms with Gasteiger partial charge in [0, 0.05) is 25.0 Å². The normalized spacial score (nSPS) is 21.6. The van der Waals surface area contributed by atoms with Crippen LogP contribution >= 0.6 is 11.8 Å². The molecule has 1 aromatic rings. The Balaban J connectivity index is 2.08. The summed E-state index contributed by atoms with van der Waals surface area (Å²) >= 11 is 1.63. The third kappa shape index (κ3) is 3.18. The van der Waals surface area contributed by atoms with Crippen molar-refractivity contribution >= 4 is 11.8 Å². The summed E-state index contributed by atoms with van der Waals surface area (Å²) in [6.45, 7) is 2.10. The maximum Gasteiger partial charge on any atom is 0.119 e. The molecule has 0 amide bonds. The maximum absolute atomic E-state index is 9.38. The van der Waals surface area contributed by atoms with Crippen molar-refractivity contribution in [3.8, 4) is 0 Å². The summed E-state index contributed by atoms with van der Waals surface area (Å²) in [7, 11) is 0. The molecule has 2 heterocycles. The smallest absolute Gasteiger partial charge is 0.119 e. The van der Waals surface area contributed by atoms with Crippen LogP contribution in [0.5, 0.6) is 0 Å². The van der Waals surface area contributed by atoms with Gasteiger partial charge in [-0.05, 0) is 25.6 Å². The number of likely N-dealkylation sites (tertiary alicyclic amines) is 1. The third-order valence-corrected chi connectivity index (χ3v) is 3.97. The molecule has 1 aliphatic rings. The molecule has 1 N–H and O–H groups in total. The van der Waals surface area contributed by atoms with Gasteiger partial charge >= 0.3 is 0 Å². The van der Waals surface area contributed by atoms with Crippen LogP contribution in [0.25, 0.3) is 0 Å². The summed E-state index contributed by atoms with van der Waals surface area (Å²) < 4.78 is 0. The molecule has 1 atom stereocenters. The fraction of sp³-hybridized carbons (Fsp3) is 0.667. The van der Waals surface area contributed by atoms with E-state index >= 15 is 0 Å². The predicted octanol–water partition coefficient (Wildman–Crippen LogP) is 1.55. The molecule has 1 aliphatic heterocycles. The fourth-order valence-corrected chi connectivity index (χ4v) is 2.82. The first-order valence-corrected chi connectivity index (χ1v) is 7.26. The van der Waals surface area contributed by atoms with Gasteiger partial charge in [-0.15, -0.1) is 11.8 Å². The van der Waals surface area contributed by atoms with Crippen LogP contribution < -0.4 is 0 Å². The zero-order chi connectivity index (χ0) is 12.1. The van der Waals surface area contributed by atoms with Crippen LogP contribution in [0.3, 0.4) is 0 Å². The van der Waals surface area contributed by atoms with Crippen molar-refractivity contribution < 1.29 is 5.11 Å². The lowest BCUT2D eigenvalue weighted by atomic mass is 10.0. The van der Waals surface area contributed by atoms with E-state index in [1.165, 1.54) is 12.8 Å². The monoisotopic (exact) mass is 253 g/mol. The molecular weight excluding hydrogens is 234 g/mol. The molecule has 1 saturated heterocycles. The predicted molar refractivity (Wildman–Crippen MR) is 68.9 cm³/mol. The lowest BCUT2D eigenvalue weighted by Crippen LogP contribution is -2.41. The lowest BCUT2D eigenvalue weighted by molar-refractivity contribution is 0.0822. The van der Waals surface area contributed by atoms with Crippen molar-refractivity contribution in [3.63, 3.8) is 0 Å². The Bertz CT molecular complexity index is 361. The van der Waals surface area contributed by atoms with Crippen LogP contribution in [0.1, 0.15) is 25.0 Å². The molecule has 2 rings (SSSR count). The van der Waals surface area contributed by atoms with Crippen molar-refractivity contribution in [2.24, 2.45) is 0 Å². The second-order valence-corrected chi connectivity index (χ2v) is 5.11. The minimum absolute atomic E-state index is 0.245. The minimum Gasteiger partial charge on any atom is -0.395 e. The first-order chi connectivity index (χ1) is 8.35. The van der Waals surface area contributed by atoms with Gasteiger partial charge in [0.1, 0.15) is 5.03 Å². The lowest BCUT2D eigenvalue weighted by Gasteiger charge is -2.34. The van der Waals surface area contributed by atoms with E-state index in [1.807, 2.05) is 6.26 Å². The van der Waals surface area contributed by atoms with Gasteiger partial charge < -0.3 is 5.11 Å². The van der Waals surface area contributed by atoms with Crippen LogP contribution in [0, 0.1) is 0 Å². The molecule has 0 aromatic carbocycles. The Morgan fingerprint density at radius 3 is 3.00 bits per heavy atom. The van der Waals surface area contributed by atoms with E-state index in [0.717, 1.165) is 30.2 Å². The molecule has 4 nitrogen and oxygen atoms in total. The fourth-order valence-electron chi connectivity index (χ4n) is 2.30. The number of aliphatic hydroxyl groups excluding tert-OH is 1. The highest BCUT2D eigenvalue weighted by Gasteiger charge is 2.22. The number of hydrogen-bond donors (Lipinski definition) is 1. The Morgan fingerprint density at radius 1 is 1.41 bits per heavy atom. The van der Waals surface area contributed by atoms with Crippen molar-refractivity contribution in [1.82, 2.24) is 14.9 Å². The van der Waals surface area contributed by atoms with Gasteiger partial charge in [0.05, 0.1) is 12.3 Å². The first kappa shape index (κ1) is 12.8. The molecule has 17 heavy (non-hydrogen) atoms. The van der Waals surface area contributed by atoms with Crippen molar-refractivity contribution in [2.45, 2.75) is 36.9 Å². The van der Waals surface area contributed by atoms with Crippen LogP contribution in [0.4, 0.5) is 0 Å². The first-order valence-electron chi connectivity index (χ1n) is 6.04. The Kier molecular flexibility index (Phi) is 4.76. The SMILES string of the molecule is CSc1nccnc1CN1CCCC[C@@H]1CO. The van der Waals surface area contributed by atoms with Crippen molar-refractivity contribution in [3.05, 3.63) is 18.1 Å². The van der Waals surface area contributed by atoms with Crippen LogP contribution in [-0.2, 0) is 6.54 Å². The Morgan fingerprint density at radius 2 is 2.24 bits per heavy atom. The van der Waals surface area contributed by atoms with Gasteiger partial charge in [-0.3, -0.25) is 9.88 Å². The van der Waals surface area contributed by atoms with E-state index in [9.17, 15) is 5.11 Å². The number of hydrogen-bond acceptors (Lipinski definition) is 5. The van der Waals surface area contributed by atoms with Gasteiger partial charge in [-0.2, -0.15) is 0 Å². The molecule has 1 fully saturated rings. The topological polar surface area (TPSA) is 49.2 Å². The highest BCUT2D eigenvalue weighted by Crippen LogP contribution is 2.22. The molecule has 1 aromatic heterocycles. The van der Waals surface area contributed by atoms with E-state index in [0.29, 0.717) is 6.04 Å². The number of nitrogens with zero attached hydrogens (tertiary/aromatic N) is 3. The molecule has 0 saturated carbocycles. The van der Waals surface area contributed by atoms with E-state index < -0.39 is 0 Å². The minimum atomic E-state index is 0.245. The zero-order valence-electron chi connectivity index (χ0n) is 10.2. The standard InChI is InChI=1S/C12H19N3OS/c1-17-12-11(13-5-6-14-12)8-15-7-3-2-4-10(15)9-16/h5-6,10,16H,2-4,7-9H2,1H3/t10-/m1/s1. The number of piperidine rings is 1. The third-order valence-electron chi connectivity index (χ3n) is 3.24. The number of aromatic nitrogens is 2. The summed E-state index contributed by atoms with van der Waals surface area (Å²) in [5.74, 6) is 0. The maximum atomic E-state index is 9.38. The van der Waals surface area contributed by atoms with Crippen LogP contribution in [-0.4, -0.2) is 45.4 Å². The second-order valence-electron chi connectivity index (χ2n) is 4.31. The van der Waals surface area contributed by atoms with E-state index in [-0.39, 0.29) is 6.61 Å². The highest BCUT2D eigenvalue weighted by atomic mass is 32.2. The summed E-state index contributed by atoms with van der Waals surface area (Å²) in [6, 6.07) is 0.292. The highest BCUT2D eigenvalue weighted by molar-refractivity contribution is 7.98. The molecule has 0 unspecified atom stereocenters. The van der Waals surface area contributed by atoms with E-state index in [1.54, 1.807) is 24.2 Å². The van der Waals surface area contributed by atoms with Crippen molar-refractivity contribution in [1.29, 1.82) is 0 Å². The largest absolute Gasteiger partial charge is 0.395 e. The Hall–Kier alpha value is -0.650. The molecule has 94 valence electrons. The number of aliphatic hydroxyl groups is 1. The van der Waals surface area contributed by atoms with Gasteiger partial charge in [-0.25, -0.2) is 4.98 Å². The molecular formula is C12H19N3OS.